The topological polar surface area (TPSA) is 70.6 Å². The summed E-state index contributed by atoms with van der Waals surface area (Å²) in [5.74, 6) is 1.11. The van der Waals surface area contributed by atoms with E-state index in [1.807, 2.05) is 0 Å². The highest BCUT2D eigenvalue weighted by atomic mass is 16.4. The van der Waals surface area contributed by atoms with E-state index < -0.39 is 0 Å². The van der Waals surface area contributed by atoms with Crippen LogP contribution in [0.2, 0.25) is 0 Å². The van der Waals surface area contributed by atoms with Crippen molar-refractivity contribution in [1.82, 2.24) is 5.32 Å². The molecule has 0 spiro atoms. The first-order chi connectivity index (χ1) is 7.74. The van der Waals surface area contributed by atoms with Crippen LogP contribution in [0, 0.1) is 5.92 Å². The van der Waals surface area contributed by atoms with Crippen molar-refractivity contribution >= 4 is 5.84 Å². The minimum absolute atomic E-state index is 0.319. The van der Waals surface area contributed by atoms with E-state index in [0.717, 1.165) is 25.4 Å². The molecule has 0 aliphatic rings. The average Bonchev–Trinajstić information content (AvgIpc) is 2.32. The van der Waals surface area contributed by atoms with Crippen molar-refractivity contribution in [3.05, 3.63) is 0 Å². The zero-order valence-electron chi connectivity index (χ0n) is 10.7. The van der Waals surface area contributed by atoms with Gasteiger partial charge in [-0.2, -0.15) is 0 Å². The van der Waals surface area contributed by atoms with Crippen LogP contribution in [0.4, 0.5) is 0 Å². The number of hydrogen-bond donors (Lipinski definition) is 3. The van der Waals surface area contributed by atoms with Crippen molar-refractivity contribution in [3.63, 3.8) is 0 Å². The molecule has 4 nitrogen and oxygen atoms in total. The third-order valence-electron chi connectivity index (χ3n) is 2.89. The lowest BCUT2D eigenvalue weighted by atomic mass is 9.99. The molecule has 1 unspecified atom stereocenters. The highest BCUT2D eigenvalue weighted by Crippen LogP contribution is 2.10. The summed E-state index contributed by atoms with van der Waals surface area (Å²) in [5, 5.41) is 14.7. The average molecular weight is 229 g/mol. The molecule has 16 heavy (non-hydrogen) atoms. The Morgan fingerprint density at radius 2 is 2.12 bits per heavy atom. The van der Waals surface area contributed by atoms with Crippen LogP contribution in [-0.4, -0.2) is 24.1 Å². The van der Waals surface area contributed by atoms with Crippen molar-refractivity contribution in [1.29, 1.82) is 0 Å². The lowest BCUT2D eigenvalue weighted by molar-refractivity contribution is 0.316. The molecule has 96 valence electrons. The monoisotopic (exact) mass is 229 g/mol. The van der Waals surface area contributed by atoms with E-state index in [1.165, 1.54) is 25.7 Å². The van der Waals surface area contributed by atoms with Crippen LogP contribution in [0.5, 0.6) is 0 Å². The summed E-state index contributed by atoms with van der Waals surface area (Å²) in [6, 6.07) is 0. The fourth-order valence-corrected chi connectivity index (χ4v) is 1.69. The van der Waals surface area contributed by atoms with Crippen LogP contribution in [0.25, 0.3) is 0 Å². The fourth-order valence-electron chi connectivity index (χ4n) is 1.69. The number of nitrogens with zero attached hydrogens (tertiary/aromatic N) is 1. The number of hydrogen-bond acceptors (Lipinski definition) is 3. The largest absolute Gasteiger partial charge is 0.409 e. The number of rotatable bonds is 10. The highest BCUT2D eigenvalue weighted by Gasteiger charge is 2.04. The Morgan fingerprint density at radius 3 is 2.69 bits per heavy atom. The molecule has 0 rings (SSSR count). The Balaban J connectivity index is 3.40. The number of oxime groups is 1. The van der Waals surface area contributed by atoms with Crippen molar-refractivity contribution in [2.75, 3.05) is 13.1 Å². The summed E-state index contributed by atoms with van der Waals surface area (Å²) in [4.78, 5) is 0. The smallest absolute Gasteiger partial charge is 0.139 e. The maximum atomic E-state index is 8.36. The van der Waals surface area contributed by atoms with Gasteiger partial charge in [0.15, 0.2) is 0 Å². The van der Waals surface area contributed by atoms with Gasteiger partial charge in [0.25, 0.3) is 0 Å². The molecule has 0 aliphatic carbocycles. The van der Waals surface area contributed by atoms with Gasteiger partial charge in [0, 0.05) is 6.42 Å². The van der Waals surface area contributed by atoms with E-state index in [0.29, 0.717) is 12.3 Å². The predicted octanol–water partition coefficient (Wildman–Crippen LogP) is 2.32. The van der Waals surface area contributed by atoms with Gasteiger partial charge in [-0.1, -0.05) is 38.3 Å². The quantitative estimate of drug-likeness (QED) is 0.177. The second-order valence-electron chi connectivity index (χ2n) is 4.32. The second kappa shape index (κ2) is 10.7. The van der Waals surface area contributed by atoms with Gasteiger partial charge in [-0.25, -0.2) is 0 Å². The number of amidine groups is 1. The zero-order valence-corrected chi connectivity index (χ0v) is 10.7. The summed E-state index contributed by atoms with van der Waals surface area (Å²) in [7, 11) is 0. The Labute approximate surface area is 99.3 Å². The first-order valence-corrected chi connectivity index (χ1v) is 6.41. The molecule has 0 aliphatic heterocycles. The molecule has 0 aromatic carbocycles. The fraction of sp³-hybridized carbons (Fsp3) is 0.917. The number of nitrogens with one attached hydrogen (secondary N) is 1. The normalized spacial score (nSPS) is 14.0. The summed E-state index contributed by atoms with van der Waals surface area (Å²) in [5.41, 5.74) is 5.38. The van der Waals surface area contributed by atoms with Crippen LogP contribution in [-0.2, 0) is 0 Å². The van der Waals surface area contributed by atoms with Crippen LogP contribution in [0.1, 0.15) is 52.4 Å². The van der Waals surface area contributed by atoms with Gasteiger partial charge in [-0.15, -0.1) is 0 Å². The predicted molar refractivity (Wildman–Crippen MR) is 68.8 cm³/mol. The number of unbranched alkanes of at least 4 members (excludes halogenated alkanes) is 1. The van der Waals surface area contributed by atoms with E-state index in [2.05, 4.69) is 24.3 Å². The van der Waals surface area contributed by atoms with Crippen molar-refractivity contribution in [2.24, 2.45) is 16.8 Å². The molecule has 0 fully saturated rings. The van der Waals surface area contributed by atoms with Gasteiger partial charge in [0.1, 0.15) is 5.84 Å². The molecule has 0 amide bonds. The Kier molecular flexibility index (Phi) is 10.2. The van der Waals surface area contributed by atoms with Crippen LogP contribution < -0.4 is 11.1 Å². The maximum absolute atomic E-state index is 8.36. The van der Waals surface area contributed by atoms with Gasteiger partial charge >= 0.3 is 0 Å². The molecule has 0 saturated heterocycles. The third kappa shape index (κ3) is 8.53. The van der Waals surface area contributed by atoms with Crippen LogP contribution >= 0.6 is 0 Å². The van der Waals surface area contributed by atoms with Crippen molar-refractivity contribution in [2.45, 2.75) is 52.4 Å². The minimum atomic E-state index is 0.319. The van der Waals surface area contributed by atoms with E-state index in [-0.39, 0.29) is 0 Å². The van der Waals surface area contributed by atoms with E-state index >= 15 is 0 Å². The van der Waals surface area contributed by atoms with E-state index in [1.54, 1.807) is 0 Å². The minimum Gasteiger partial charge on any atom is -0.409 e. The molecule has 1 atom stereocenters. The van der Waals surface area contributed by atoms with E-state index in [9.17, 15) is 0 Å². The Bertz CT molecular complexity index is 183. The molecule has 0 heterocycles. The molecule has 4 N–H and O–H groups in total. The van der Waals surface area contributed by atoms with Crippen LogP contribution in [0.15, 0.2) is 5.16 Å². The maximum Gasteiger partial charge on any atom is 0.139 e. The Hall–Kier alpha value is -0.770. The Morgan fingerprint density at radius 1 is 1.38 bits per heavy atom. The van der Waals surface area contributed by atoms with Gasteiger partial charge in [-0.3, -0.25) is 0 Å². The zero-order chi connectivity index (χ0) is 12.2. The lowest BCUT2D eigenvalue weighted by Crippen LogP contribution is -2.24. The molecule has 0 aromatic heterocycles. The van der Waals surface area contributed by atoms with Gasteiger partial charge in [-0.05, 0) is 31.8 Å². The highest BCUT2D eigenvalue weighted by molar-refractivity contribution is 5.79. The van der Waals surface area contributed by atoms with Crippen LogP contribution in [0.3, 0.4) is 0 Å². The lowest BCUT2D eigenvalue weighted by Gasteiger charge is -2.15. The third-order valence-corrected chi connectivity index (χ3v) is 2.89. The summed E-state index contributed by atoms with van der Waals surface area (Å²) >= 11 is 0. The molecule has 0 radical (unpaired) electrons. The van der Waals surface area contributed by atoms with Gasteiger partial charge in [0.2, 0.25) is 0 Å². The first-order valence-electron chi connectivity index (χ1n) is 6.41. The number of nitrogens with two attached hydrogens (primary N) is 1. The molecular formula is C12H27N3O. The summed E-state index contributed by atoms with van der Waals surface area (Å²) in [6.07, 6.45) is 6.76. The van der Waals surface area contributed by atoms with Gasteiger partial charge < -0.3 is 16.3 Å². The van der Waals surface area contributed by atoms with Crippen molar-refractivity contribution in [3.8, 4) is 0 Å². The molecule has 4 heteroatoms. The first kappa shape index (κ1) is 15.2. The van der Waals surface area contributed by atoms with E-state index in [4.69, 9.17) is 10.9 Å². The second-order valence-corrected chi connectivity index (χ2v) is 4.32. The molecule has 0 aromatic rings. The van der Waals surface area contributed by atoms with Gasteiger partial charge in [0.05, 0.1) is 0 Å². The summed E-state index contributed by atoms with van der Waals surface area (Å²) < 4.78 is 0. The standard InChI is InChI=1S/C12H27N3O/c1-3-5-7-11(4-2)10-14-9-6-8-12(13)15-16/h11,14,16H,3-10H2,1-2H3,(H2,13,15). The SMILES string of the molecule is CCCCC(CC)CNCCCC(N)=NO. The molecular weight excluding hydrogens is 202 g/mol. The molecule has 0 saturated carbocycles. The van der Waals surface area contributed by atoms with Crippen molar-refractivity contribution < 1.29 is 5.21 Å². The summed E-state index contributed by atoms with van der Waals surface area (Å²) in [6.45, 7) is 6.51. The molecule has 0 bridgehead atoms.